The minimum atomic E-state index is -4.27. The third-order valence-corrected chi connectivity index (χ3v) is 6.02. The number of benzene rings is 1. The van der Waals surface area contributed by atoms with Gasteiger partial charge in [0.05, 0.1) is 28.2 Å². The van der Waals surface area contributed by atoms with E-state index in [0.717, 1.165) is 12.1 Å². The van der Waals surface area contributed by atoms with Crippen molar-refractivity contribution in [3.63, 3.8) is 0 Å². The van der Waals surface area contributed by atoms with Crippen LogP contribution in [0.15, 0.2) is 23.1 Å². The summed E-state index contributed by atoms with van der Waals surface area (Å²) in [4.78, 5) is 48.8. The maximum Gasteiger partial charge on any atom is 0.339 e. The first kappa shape index (κ1) is 25.5. The Morgan fingerprint density at radius 3 is 2.45 bits per heavy atom. The largest absolute Gasteiger partial charge is 0.465 e. The molecule has 33 heavy (non-hydrogen) atoms. The van der Waals surface area contributed by atoms with Gasteiger partial charge in [-0.3, -0.25) is 19.7 Å². The van der Waals surface area contributed by atoms with Gasteiger partial charge in [-0.25, -0.2) is 13.2 Å². The first-order valence-corrected chi connectivity index (χ1v) is 10.8. The van der Waals surface area contributed by atoms with E-state index >= 15 is 0 Å². The summed E-state index contributed by atoms with van der Waals surface area (Å²) < 4.78 is 36.2. The molecule has 2 rings (SSSR count). The van der Waals surface area contributed by atoms with E-state index < -0.39 is 56.4 Å². The number of nitrogens with zero attached hydrogens (tertiary/aromatic N) is 1. The van der Waals surface area contributed by atoms with Crippen LogP contribution in [0.4, 0.5) is 11.4 Å². The Balaban J connectivity index is 2.02. The number of sulfonamides is 1. The molecule has 0 unspecified atom stereocenters. The van der Waals surface area contributed by atoms with Crippen molar-refractivity contribution in [3.05, 3.63) is 50.8 Å². The molecule has 0 radical (unpaired) electrons. The topological polar surface area (TPSA) is 187 Å². The Bertz CT molecular complexity index is 1220. The number of Topliss-reactive ketones (excluding diaryl/α,β-unsaturated/α-hetero) is 1. The molecule has 1 heterocycles. The lowest BCUT2D eigenvalue weighted by atomic mass is 10.1. The zero-order chi connectivity index (χ0) is 24.9. The molecule has 0 atom stereocenters. The van der Waals surface area contributed by atoms with Crippen LogP contribution >= 0.6 is 0 Å². The molecule has 0 bridgehead atoms. The predicted octanol–water partition coefficient (Wildman–Crippen LogP) is 1.07. The van der Waals surface area contributed by atoms with Gasteiger partial charge in [-0.05, 0) is 31.5 Å². The Labute approximate surface area is 188 Å². The van der Waals surface area contributed by atoms with Crippen LogP contribution in [0.1, 0.15) is 32.1 Å². The first-order chi connectivity index (χ1) is 15.4. The van der Waals surface area contributed by atoms with Crippen molar-refractivity contribution in [2.24, 2.45) is 0 Å². The molecule has 0 spiro atoms. The van der Waals surface area contributed by atoms with Gasteiger partial charge < -0.3 is 19.8 Å². The first-order valence-electron chi connectivity index (χ1n) is 9.35. The van der Waals surface area contributed by atoms with Crippen LogP contribution in [0.2, 0.25) is 0 Å². The van der Waals surface area contributed by atoms with Gasteiger partial charge in [0, 0.05) is 18.8 Å². The minimum Gasteiger partial charge on any atom is -0.465 e. The summed E-state index contributed by atoms with van der Waals surface area (Å²) >= 11 is 0. The smallest absolute Gasteiger partial charge is 0.339 e. The Morgan fingerprint density at radius 1 is 1.21 bits per heavy atom. The van der Waals surface area contributed by atoms with E-state index in [2.05, 4.69) is 15.0 Å². The number of aromatic amines is 1. The normalized spacial score (nSPS) is 11.0. The highest BCUT2D eigenvalue weighted by Gasteiger charge is 2.24. The minimum absolute atomic E-state index is 0.0539. The van der Waals surface area contributed by atoms with E-state index in [-0.39, 0.29) is 16.9 Å². The summed E-state index contributed by atoms with van der Waals surface area (Å²) in [5.41, 5.74) is 0.628. The van der Waals surface area contributed by atoms with Crippen molar-refractivity contribution in [2.45, 2.75) is 18.7 Å². The van der Waals surface area contributed by atoms with E-state index in [1.165, 1.54) is 27.1 Å². The molecule has 0 aliphatic heterocycles. The molecule has 13 nitrogen and oxygen atoms in total. The van der Waals surface area contributed by atoms with Gasteiger partial charge in [0.25, 0.3) is 5.69 Å². The summed E-state index contributed by atoms with van der Waals surface area (Å²) in [6, 6.07) is 3.19. The highest BCUT2D eigenvalue weighted by Crippen LogP contribution is 2.27. The molecule has 1 aromatic heterocycles. The molecule has 178 valence electrons. The molecule has 0 aliphatic rings. The van der Waals surface area contributed by atoms with Crippen molar-refractivity contribution in [3.8, 4) is 0 Å². The summed E-state index contributed by atoms with van der Waals surface area (Å²) in [7, 11) is -1.63. The number of nitrogens with one attached hydrogen (secondary N) is 3. The van der Waals surface area contributed by atoms with E-state index in [9.17, 15) is 32.9 Å². The molecule has 2 aromatic rings. The monoisotopic (exact) mass is 482 g/mol. The Hall–Kier alpha value is -3.78. The van der Waals surface area contributed by atoms with Gasteiger partial charge in [-0.1, -0.05) is 0 Å². The number of esters is 2. The second kappa shape index (κ2) is 10.2. The number of carbonyl (C=O) groups excluding carboxylic acids is 3. The molecule has 0 aliphatic carbocycles. The molecule has 1 aromatic carbocycles. The third-order valence-electron chi connectivity index (χ3n) is 4.62. The van der Waals surface area contributed by atoms with E-state index in [1.54, 1.807) is 6.92 Å². The van der Waals surface area contributed by atoms with E-state index in [1.807, 2.05) is 4.72 Å². The summed E-state index contributed by atoms with van der Waals surface area (Å²) in [6.07, 6.45) is 0. The molecular weight excluding hydrogens is 460 g/mol. The van der Waals surface area contributed by atoms with Crippen molar-refractivity contribution in [2.75, 3.05) is 32.6 Å². The quantitative estimate of drug-likeness (QED) is 0.191. The lowest BCUT2D eigenvalue weighted by Crippen LogP contribution is -2.31. The molecular formula is C19H22N4O9S. The van der Waals surface area contributed by atoms with Gasteiger partial charge in [0.15, 0.2) is 6.61 Å². The predicted molar refractivity (Wildman–Crippen MR) is 115 cm³/mol. The number of hydrogen-bond acceptors (Lipinski definition) is 10. The van der Waals surface area contributed by atoms with Gasteiger partial charge in [0.2, 0.25) is 15.8 Å². The maximum absolute atomic E-state index is 12.4. The number of anilines is 1. The van der Waals surface area contributed by atoms with Crippen molar-refractivity contribution < 1.29 is 37.2 Å². The summed E-state index contributed by atoms with van der Waals surface area (Å²) in [5, 5.41) is 13.7. The van der Waals surface area contributed by atoms with E-state index in [4.69, 9.17) is 4.74 Å². The van der Waals surface area contributed by atoms with Gasteiger partial charge in [0.1, 0.15) is 12.2 Å². The third kappa shape index (κ3) is 5.72. The fourth-order valence-electron chi connectivity index (χ4n) is 2.98. The number of nitro groups is 1. The molecule has 14 heteroatoms. The number of ketones is 1. The van der Waals surface area contributed by atoms with Crippen molar-refractivity contribution in [1.29, 1.82) is 0 Å². The Kier molecular flexibility index (Phi) is 7.90. The summed E-state index contributed by atoms with van der Waals surface area (Å²) in [5.74, 6) is -2.32. The van der Waals surface area contributed by atoms with Crippen LogP contribution in [0.3, 0.4) is 0 Å². The SMILES string of the molecule is CNc1ccc(S(=O)(=O)NCC(=O)OCC(=O)c2[nH]c(C)c(C(=O)OC)c2C)cc1[N+](=O)[O-]. The maximum atomic E-state index is 12.4. The highest BCUT2D eigenvalue weighted by atomic mass is 32.2. The number of aryl methyl sites for hydroxylation is 1. The fraction of sp³-hybridized carbons (Fsp3) is 0.316. The van der Waals surface area contributed by atoms with Crippen LogP contribution < -0.4 is 10.0 Å². The summed E-state index contributed by atoms with van der Waals surface area (Å²) in [6.45, 7) is 1.58. The average molecular weight is 482 g/mol. The standard InChI is InChI=1S/C19H22N4O9S/c1-10-17(19(26)31-4)11(2)22-18(10)15(24)9-32-16(25)8-21-33(29,30)12-5-6-13(20-3)14(7-12)23(27)28/h5-7,20-22H,8-9H2,1-4H3. The number of hydrogen-bond donors (Lipinski definition) is 3. The zero-order valence-corrected chi connectivity index (χ0v) is 19.0. The Morgan fingerprint density at radius 2 is 1.88 bits per heavy atom. The number of methoxy groups -OCH3 is 1. The number of nitro benzene ring substituents is 1. The number of rotatable bonds is 10. The van der Waals surface area contributed by atoms with Crippen LogP contribution in [0, 0.1) is 24.0 Å². The van der Waals surface area contributed by atoms with Gasteiger partial charge >= 0.3 is 11.9 Å². The van der Waals surface area contributed by atoms with Gasteiger partial charge in [-0.2, -0.15) is 4.72 Å². The fourth-order valence-corrected chi connectivity index (χ4v) is 3.97. The molecule has 0 saturated carbocycles. The molecule has 3 N–H and O–H groups in total. The number of H-pyrrole nitrogens is 1. The van der Waals surface area contributed by atoms with Crippen molar-refractivity contribution >= 4 is 39.1 Å². The second-order valence-corrected chi connectivity index (χ2v) is 8.48. The number of aromatic nitrogens is 1. The molecule has 0 amide bonds. The highest BCUT2D eigenvalue weighted by molar-refractivity contribution is 7.89. The van der Waals surface area contributed by atoms with Crippen LogP contribution in [-0.2, 0) is 24.3 Å². The molecule has 0 fully saturated rings. The van der Waals surface area contributed by atoms with Crippen LogP contribution in [0.5, 0.6) is 0 Å². The van der Waals surface area contributed by atoms with Crippen molar-refractivity contribution in [1.82, 2.24) is 9.71 Å². The average Bonchev–Trinajstić information content (AvgIpc) is 3.08. The van der Waals surface area contributed by atoms with Crippen LogP contribution in [0.25, 0.3) is 0 Å². The number of carbonyl (C=O) groups is 3. The molecule has 0 saturated heterocycles. The zero-order valence-electron chi connectivity index (χ0n) is 18.2. The lowest BCUT2D eigenvalue weighted by Gasteiger charge is -2.09. The second-order valence-electron chi connectivity index (χ2n) is 6.71. The van der Waals surface area contributed by atoms with Crippen LogP contribution in [-0.4, -0.2) is 63.4 Å². The van der Waals surface area contributed by atoms with Gasteiger partial charge in [-0.15, -0.1) is 0 Å². The van der Waals surface area contributed by atoms with E-state index in [0.29, 0.717) is 11.3 Å². The number of ether oxygens (including phenoxy) is 2. The lowest BCUT2D eigenvalue weighted by molar-refractivity contribution is -0.384.